The van der Waals surface area contributed by atoms with E-state index in [2.05, 4.69) is 0 Å². The minimum absolute atomic E-state index is 0. The van der Waals surface area contributed by atoms with Crippen LogP contribution in [0.3, 0.4) is 0 Å². The van der Waals surface area contributed by atoms with E-state index in [4.69, 9.17) is 4.55 Å². The fraction of sp³-hybridized carbons (Fsp3) is 0.0556. The van der Waals surface area contributed by atoms with E-state index in [9.17, 15) is 13.2 Å². The number of carbonyl (C=O) groups excluding carboxylic acids is 1. The van der Waals surface area contributed by atoms with Crippen molar-refractivity contribution in [2.45, 2.75) is 11.8 Å². The number of ketones is 1. The molecule has 0 saturated carbocycles. The molecule has 0 radical (unpaired) electrons. The third-order valence-corrected chi connectivity index (χ3v) is 4.54. The summed E-state index contributed by atoms with van der Waals surface area (Å²) in [5.74, 6) is -0.0919. The molecule has 0 unspecified atom stereocenters. The number of benzene rings is 3. The number of hydrogen-bond donors (Lipinski definition) is 1. The molecule has 3 aromatic rings. The van der Waals surface area contributed by atoms with Crippen molar-refractivity contribution in [1.82, 2.24) is 0 Å². The molecule has 0 saturated heterocycles. The Morgan fingerprint density at radius 2 is 1.38 bits per heavy atom. The van der Waals surface area contributed by atoms with Gasteiger partial charge in [-0.25, -0.2) is 0 Å². The molecule has 118 valence electrons. The maximum absolute atomic E-state index is 12.5. The molecule has 0 amide bonds. The van der Waals surface area contributed by atoms with Crippen molar-refractivity contribution in [3.05, 3.63) is 77.4 Å². The Kier molecular flexibility index (Phi) is 5.63. The van der Waals surface area contributed by atoms with E-state index in [-0.39, 0.29) is 40.2 Å². The van der Waals surface area contributed by atoms with Crippen LogP contribution in [0.4, 0.5) is 0 Å². The van der Waals surface area contributed by atoms with Gasteiger partial charge in [-0.3, -0.25) is 9.35 Å². The average Bonchev–Trinajstić information content (AvgIpc) is 2.53. The number of aryl methyl sites for hydroxylation is 1. The number of hydrogen-bond acceptors (Lipinski definition) is 3. The first-order chi connectivity index (χ1) is 10.8. The second-order valence-electron chi connectivity index (χ2n) is 5.39. The summed E-state index contributed by atoms with van der Waals surface area (Å²) in [6.07, 6.45) is 0. The Labute approximate surface area is 162 Å². The van der Waals surface area contributed by atoms with Crippen LogP contribution in [0.15, 0.2) is 65.6 Å². The molecular formula is C18H15NaO4S. The quantitative estimate of drug-likeness (QED) is 0.448. The van der Waals surface area contributed by atoms with Gasteiger partial charge in [0.1, 0.15) is 0 Å². The fourth-order valence-corrected chi connectivity index (χ4v) is 2.91. The summed E-state index contributed by atoms with van der Waals surface area (Å²) in [7, 11) is -4.23. The van der Waals surface area contributed by atoms with E-state index < -0.39 is 10.1 Å². The van der Waals surface area contributed by atoms with Gasteiger partial charge in [0.2, 0.25) is 0 Å². The molecule has 0 aliphatic rings. The topological polar surface area (TPSA) is 71.4 Å². The Morgan fingerprint density at radius 1 is 0.833 bits per heavy atom. The molecule has 0 aliphatic carbocycles. The van der Waals surface area contributed by atoms with Crippen LogP contribution in [0.2, 0.25) is 0 Å². The normalized spacial score (nSPS) is 11.1. The SMILES string of the molecule is Cc1ccc(C(=O)c2ccc3cc(S(=O)(=O)O)ccc3c2)cc1.[NaH]. The van der Waals surface area contributed by atoms with Crippen LogP contribution in [0.25, 0.3) is 10.8 Å². The molecule has 0 fully saturated rings. The summed E-state index contributed by atoms with van der Waals surface area (Å²) >= 11 is 0. The Balaban J connectivity index is 0.00000208. The van der Waals surface area contributed by atoms with Crippen LogP contribution >= 0.6 is 0 Å². The van der Waals surface area contributed by atoms with Crippen LogP contribution in [0, 0.1) is 6.92 Å². The van der Waals surface area contributed by atoms with Gasteiger partial charge in [0.25, 0.3) is 10.1 Å². The van der Waals surface area contributed by atoms with Gasteiger partial charge >= 0.3 is 29.6 Å². The monoisotopic (exact) mass is 350 g/mol. The predicted octanol–water partition coefficient (Wildman–Crippen LogP) is 2.98. The number of carbonyl (C=O) groups is 1. The molecule has 0 aliphatic heterocycles. The second kappa shape index (κ2) is 7.17. The number of rotatable bonds is 3. The van der Waals surface area contributed by atoms with E-state index >= 15 is 0 Å². The maximum atomic E-state index is 12.5. The van der Waals surface area contributed by atoms with Crippen LogP contribution in [-0.2, 0) is 10.1 Å². The van der Waals surface area contributed by atoms with Gasteiger partial charge < -0.3 is 0 Å². The van der Waals surface area contributed by atoms with Crippen molar-refractivity contribution in [2.75, 3.05) is 0 Å². The molecule has 0 aromatic heterocycles. The first-order valence-corrected chi connectivity index (χ1v) is 8.41. The van der Waals surface area contributed by atoms with Crippen molar-refractivity contribution in [3.63, 3.8) is 0 Å². The third kappa shape index (κ3) is 3.94. The Morgan fingerprint density at radius 3 is 2.00 bits per heavy atom. The van der Waals surface area contributed by atoms with E-state index in [1.165, 1.54) is 12.1 Å². The van der Waals surface area contributed by atoms with E-state index in [1.807, 2.05) is 19.1 Å². The fourth-order valence-electron chi connectivity index (χ4n) is 2.40. The zero-order valence-electron chi connectivity index (χ0n) is 12.4. The molecule has 0 spiro atoms. The van der Waals surface area contributed by atoms with Crippen molar-refractivity contribution in [2.24, 2.45) is 0 Å². The standard InChI is InChI=1S/C18H14O4S.Na.H/c1-12-2-4-13(5-3-12)18(19)16-7-6-15-11-17(23(20,21)22)9-8-14(15)10-16;;/h2-11H,1H3,(H,20,21,22);;. The van der Waals surface area contributed by atoms with Crippen LogP contribution in [-0.4, -0.2) is 48.3 Å². The molecule has 0 heterocycles. The van der Waals surface area contributed by atoms with Crippen LogP contribution < -0.4 is 0 Å². The van der Waals surface area contributed by atoms with Gasteiger partial charge in [0.05, 0.1) is 4.90 Å². The van der Waals surface area contributed by atoms with Gasteiger partial charge in [-0.1, -0.05) is 48.0 Å². The van der Waals surface area contributed by atoms with Gasteiger partial charge in [0.15, 0.2) is 5.78 Å². The van der Waals surface area contributed by atoms with Gasteiger partial charge in [-0.05, 0) is 35.9 Å². The second-order valence-corrected chi connectivity index (χ2v) is 6.82. The van der Waals surface area contributed by atoms with Crippen molar-refractivity contribution < 1.29 is 17.8 Å². The van der Waals surface area contributed by atoms with Crippen LogP contribution in [0.1, 0.15) is 21.5 Å². The van der Waals surface area contributed by atoms with Crippen LogP contribution in [0.5, 0.6) is 0 Å². The first-order valence-electron chi connectivity index (χ1n) is 6.97. The summed E-state index contributed by atoms with van der Waals surface area (Å²) in [5, 5.41) is 1.37. The predicted molar refractivity (Wildman–Crippen MR) is 95.5 cm³/mol. The summed E-state index contributed by atoms with van der Waals surface area (Å²) in [6, 6.07) is 16.6. The summed E-state index contributed by atoms with van der Waals surface area (Å²) < 4.78 is 31.4. The summed E-state index contributed by atoms with van der Waals surface area (Å²) in [4.78, 5) is 12.3. The minimum atomic E-state index is -4.23. The zero-order valence-corrected chi connectivity index (χ0v) is 13.2. The molecule has 0 atom stereocenters. The first kappa shape index (κ1) is 18.8. The van der Waals surface area contributed by atoms with Crippen molar-refractivity contribution in [1.29, 1.82) is 0 Å². The number of fused-ring (bicyclic) bond motifs is 1. The third-order valence-electron chi connectivity index (χ3n) is 3.69. The van der Waals surface area contributed by atoms with E-state index in [0.29, 0.717) is 16.5 Å². The van der Waals surface area contributed by atoms with Gasteiger partial charge in [-0.15, -0.1) is 0 Å². The van der Waals surface area contributed by atoms with E-state index in [1.54, 1.807) is 36.4 Å². The van der Waals surface area contributed by atoms with Gasteiger partial charge in [0, 0.05) is 11.1 Å². The summed E-state index contributed by atoms with van der Waals surface area (Å²) in [5.41, 5.74) is 2.21. The molecule has 0 bridgehead atoms. The molecule has 3 aromatic carbocycles. The molecule has 4 nitrogen and oxygen atoms in total. The van der Waals surface area contributed by atoms with Gasteiger partial charge in [-0.2, -0.15) is 8.42 Å². The molecule has 6 heteroatoms. The molecule has 24 heavy (non-hydrogen) atoms. The Hall–Kier alpha value is -1.50. The van der Waals surface area contributed by atoms with E-state index in [0.717, 1.165) is 10.9 Å². The average molecular weight is 350 g/mol. The zero-order chi connectivity index (χ0) is 16.6. The van der Waals surface area contributed by atoms with Crippen molar-refractivity contribution in [3.8, 4) is 0 Å². The molecular weight excluding hydrogens is 335 g/mol. The Bertz CT molecular complexity index is 1010. The van der Waals surface area contributed by atoms with Crippen molar-refractivity contribution >= 4 is 56.2 Å². The molecule has 1 N–H and O–H groups in total. The summed E-state index contributed by atoms with van der Waals surface area (Å²) in [6.45, 7) is 1.96. The molecule has 3 rings (SSSR count).